The number of hydrogen-bond acceptors (Lipinski definition) is 5. The summed E-state index contributed by atoms with van der Waals surface area (Å²) in [5.74, 6) is -1.37. The van der Waals surface area contributed by atoms with Gasteiger partial charge >= 0.3 is 5.97 Å². The molecule has 7 heteroatoms. The molecule has 0 spiro atoms. The maximum Gasteiger partial charge on any atom is 0.335 e. The van der Waals surface area contributed by atoms with Gasteiger partial charge in [0.05, 0.1) is 22.6 Å². The van der Waals surface area contributed by atoms with Gasteiger partial charge in [-0.3, -0.25) is 4.79 Å². The monoisotopic (exact) mass is 350 g/mol. The first kappa shape index (κ1) is 17.3. The van der Waals surface area contributed by atoms with Gasteiger partial charge < -0.3 is 10.0 Å². The first-order chi connectivity index (χ1) is 12.4. The zero-order chi connectivity index (χ0) is 18.8. The molecule has 1 aliphatic heterocycles. The maximum atomic E-state index is 12.7. The van der Waals surface area contributed by atoms with E-state index < -0.39 is 5.97 Å². The fraction of sp³-hybridized carbons (Fsp3) is 0.158. The Bertz CT molecular complexity index is 913. The van der Waals surface area contributed by atoms with Gasteiger partial charge in [-0.2, -0.15) is 10.1 Å². The first-order valence-corrected chi connectivity index (χ1v) is 7.96. The van der Waals surface area contributed by atoms with Gasteiger partial charge in [-0.1, -0.05) is 0 Å². The normalized spacial score (nSPS) is 15.3. The van der Waals surface area contributed by atoms with E-state index in [4.69, 9.17) is 5.11 Å². The Balaban J connectivity index is 1.86. The van der Waals surface area contributed by atoms with Crippen molar-refractivity contribution in [3.63, 3.8) is 0 Å². The molecule has 1 heterocycles. The molecule has 1 N–H and O–H groups in total. The smallest absolute Gasteiger partial charge is 0.335 e. The van der Waals surface area contributed by atoms with Crippen LogP contribution in [0.25, 0.3) is 0 Å². The van der Waals surface area contributed by atoms with E-state index in [0.29, 0.717) is 17.1 Å². The lowest BCUT2D eigenvalue weighted by Gasteiger charge is -2.12. The van der Waals surface area contributed by atoms with Crippen LogP contribution in [0.15, 0.2) is 58.6 Å². The van der Waals surface area contributed by atoms with E-state index in [1.165, 1.54) is 17.1 Å². The number of hydrazone groups is 1. The van der Waals surface area contributed by atoms with Crippen LogP contribution in [-0.2, 0) is 4.79 Å². The number of carbonyl (C=O) groups is 2. The average molecular weight is 350 g/mol. The predicted molar refractivity (Wildman–Crippen MR) is 102 cm³/mol. The van der Waals surface area contributed by atoms with Crippen LogP contribution < -0.4 is 9.91 Å². The number of anilines is 2. The van der Waals surface area contributed by atoms with Crippen LogP contribution in [0.5, 0.6) is 0 Å². The Morgan fingerprint density at radius 1 is 1.08 bits per heavy atom. The van der Waals surface area contributed by atoms with Gasteiger partial charge in [-0.25, -0.2) is 9.79 Å². The zero-order valence-electron chi connectivity index (χ0n) is 14.7. The summed E-state index contributed by atoms with van der Waals surface area (Å²) < 4.78 is 0. The third-order valence-electron chi connectivity index (χ3n) is 3.95. The van der Waals surface area contributed by atoms with Gasteiger partial charge in [0.1, 0.15) is 0 Å². The third-order valence-corrected chi connectivity index (χ3v) is 3.95. The Labute approximate surface area is 150 Å². The highest BCUT2D eigenvalue weighted by atomic mass is 16.4. The molecule has 0 unspecified atom stereocenters. The molecule has 132 valence electrons. The number of hydrogen-bond donors (Lipinski definition) is 1. The molecule has 7 nitrogen and oxygen atoms in total. The van der Waals surface area contributed by atoms with Gasteiger partial charge in [0.15, 0.2) is 5.71 Å². The maximum absolute atomic E-state index is 12.7. The molecule has 0 aliphatic carbocycles. The summed E-state index contributed by atoms with van der Waals surface area (Å²) in [5.41, 5.74) is 3.12. The molecular formula is C19H18N4O3. The molecular weight excluding hydrogens is 332 g/mol. The molecule has 3 rings (SSSR count). The average Bonchev–Trinajstić information content (AvgIpc) is 2.90. The number of nitrogens with zero attached hydrogens (tertiary/aromatic N) is 4. The second kappa shape index (κ2) is 6.79. The number of amides is 1. The highest BCUT2D eigenvalue weighted by Crippen LogP contribution is 2.23. The van der Waals surface area contributed by atoms with Crippen molar-refractivity contribution in [1.82, 2.24) is 0 Å². The third kappa shape index (κ3) is 3.32. The van der Waals surface area contributed by atoms with Crippen LogP contribution in [0.1, 0.15) is 17.3 Å². The molecule has 0 atom stereocenters. The van der Waals surface area contributed by atoms with Crippen LogP contribution in [0.3, 0.4) is 0 Å². The van der Waals surface area contributed by atoms with E-state index in [9.17, 15) is 9.59 Å². The summed E-state index contributed by atoms with van der Waals surface area (Å²) in [6, 6.07) is 13.5. The highest BCUT2D eigenvalue weighted by Gasteiger charge is 2.30. The number of carbonyl (C=O) groups excluding carboxylic acids is 1. The summed E-state index contributed by atoms with van der Waals surface area (Å²) in [5, 5.41) is 14.4. The molecule has 1 aliphatic rings. The van der Waals surface area contributed by atoms with Crippen LogP contribution in [0.2, 0.25) is 0 Å². The van der Waals surface area contributed by atoms with Crippen molar-refractivity contribution in [2.24, 2.45) is 10.1 Å². The minimum atomic E-state index is -1.02. The quantitative estimate of drug-likeness (QED) is 0.918. The number of rotatable bonds is 4. The molecule has 0 saturated carbocycles. The SMILES string of the molecule is CC1=NN(c2ccc(C(=O)O)cc2)C(=O)C1=Nc1ccc(N(C)C)cc1. The van der Waals surface area contributed by atoms with Crippen molar-refractivity contribution in [2.75, 3.05) is 24.0 Å². The number of aliphatic imine (C=N–C) groups is 1. The van der Waals surface area contributed by atoms with Gasteiger partial charge in [-0.05, 0) is 55.5 Å². The molecule has 0 bridgehead atoms. The van der Waals surface area contributed by atoms with Gasteiger partial charge in [0.25, 0.3) is 5.91 Å². The van der Waals surface area contributed by atoms with E-state index in [1.54, 1.807) is 19.1 Å². The highest BCUT2D eigenvalue weighted by molar-refractivity contribution is 6.71. The fourth-order valence-corrected chi connectivity index (χ4v) is 2.50. The number of carboxylic acid groups (broad SMARTS) is 1. The van der Waals surface area contributed by atoms with Crippen molar-refractivity contribution in [3.05, 3.63) is 54.1 Å². The van der Waals surface area contributed by atoms with Crippen molar-refractivity contribution in [3.8, 4) is 0 Å². The van der Waals surface area contributed by atoms with E-state index in [0.717, 1.165) is 5.69 Å². The standard InChI is InChI=1S/C19H18N4O3/c1-12-17(20-14-6-10-15(11-7-14)22(2)3)18(24)23(21-12)16-8-4-13(5-9-16)19(25)26/h4-11H,1-3H3,(H,25,26). The van der Waals surface area contributed by atoms with Crippen LogP contribution in [0, 0.1) is 0 Å². The Morgan fingerprint density at radius 2 is 1.69 bits per heavy atom. The van der Waals surface area contributed by atoms with Crippen molar-refractivity contribution >= 4 is 40.4 Å². The number of aromatic carboxylic acids is 1. The largest absolute Gasteiger partial charge is 0.478 e. The minimum Gasteiger partial charge on any atom is -0.478 e. The lowest BCUT2D eigenvalue weighted by Crippen LogP contribution is -2.27. The molecule has 0 fully saturated rings. The molecule has 0 aromatic heterocycles. The van der Waals surface area contributed by atoms with E-state index in [1.807, 2.05) is 43.3 Å². The molecule has 0 saturated heterocycles. The van der Waals surface area contributed by atoms with Gasteiger partial charge in [0, 0.05) is 19.8 Å². The first-order valence-electron chi connectivity index (χ1n) is 7.96. The van der Waals surface area contributed by atoms with Gasteiger partial charge in [-0.15, -0.1) is 0 Å². The summed E-state index contributed by atoms with van der Waals surface area (Å²) >= 11 is 0. The number of carboxylic acids is 1. The van der Waals surface area contributed by atoms with E-state index in [2.05, 4.69) is 10.1 Å². The molecule has 1 amide bonds. The van der Waals surface area contributed by atoms with Gasteiger partial charge in [0.2, 0.25) is 0 Å². The second-order valence-electron chi connectivity index (χ2n) is 6.03. The van der Waals surface area contributed by atoms with Crippen molar-refractivity contribution in [2.45, 2.75) is 6.92 Å². The second-order valence-corrected chi connectivity index (χ2v) is 6.03. The summed E-state index contributed by atoms with van der Waals surface area (Å²) in [6.07, 6.45) is 0. The van der Waals surface area contributed by atoms with Crippen LogP contribution in [0.4, 0.5) is 17.1 Å². The Kier molecular flexibility index (Phi) is 4.53. The Hall–Kier alpha value is -3.48. The summed E-state index contributed by atoms with van der Waals surface area (Å²) in [7, 11) is 3.90. The molecule has 26 heavy (non-hydrogen) atoms. The molecule has 0 radical (unpaired) electrons. The summed E-state index contributed by atoms with van der Waals surface area (Å²) in [4.78, 5) is 30.0. The van der Waals surface area contributed by atoms with E-state index in [-0.39, 0.29) is 17.2 Å². The van der Waals surface area contributed by atoms with E-state index >= 15 is 0 Å². The predicted octanol–water partition coefficient (Wildman–Crippen LogP) is 2.95. The lowest BCUT2D eigenvalue weighted by molar-refractivity contribution is -0.112. The van der Waals surface area contributed by atoms with Crippen molar-refractivity contribution in [1.29, 1.82) is 0 Å². The molecule has 2 aromatic rings. The zero-order valence-corrected chi connectivity index (χ0v) is 14.7. The fourth-order valence-electron chi connectivity index (χ4n) is 2.50. The Morgan fingerprint density at radius 3 is 2.23 bits per heavy atom. The lowest BCUT2D eigenvalue weighted by atomic mass is 10.2. The van der Waals surface area contributed by atoms with Crippen LogP contribution in [-0.4, -0.2) is 42.5 Å². The molecule has 2 aromatic carbocycles. The minimum absolute atomic E-state index is 0.149. The summed E-state index contributed by atoms with van der Waals surface area (Å²) in [6.45, 7) is 1.72. The topological polar surface area (TPSA) is 85.6 Å². The van der Waals surface area contributed by atoms with Crippen molar-refractivity contribution < 1.29 is 14.7 Å². The van der Waals surface area contributed by atoms with Crippen LogP contribution >= 0.6 is 0 Å². The number of benzene rings is 2.